The molecular formula is C21H38FN7O3S. The average Bonchev–Trinajstić information content (AvgIpc) is 3.07. The van der Waals surface area contributed by atoms with Crippen LogP contribution in [0.5, 0.6) is 0 Å². The van der Waals surface area contributed by atoms with Crippen LogP contribution >= 0.6 is 0 Å². The smallest absolute Gasteiger partial charge is 0.229 e. The van der Waals surface area contributed by atoms with Crippen molar-refractivity contribution in [2.24, 2.45) is 23.5 Å². The van der Waals surface area contributed by atoms with Crippen molar-refractivity contribution in [2.45, 2.75) is 68.3 Å². The molecule has 5 aliphatic rings. The van der Waals surface area contributed by atoms with Crippen molar-refractivity contribution in [3.63, 3.8) is 0 Å². The van der Waals surface area contributed by atoms with E-state index in [0.717, 1.165) is 32.2 Å². The topological polar surface area (TPSA) is 132 Å². The summed E-state index contributed by atoms with van der Waals surface area (Å²) >= 11 is 0. The van der Waals surface area contributed by atoms with Crippen molar-refractivity contribution in [3.05, 3.63) is 0 Å². The van der Waals surface area contributed by atoms with Crippen LogP contribution < -0.4 is 27.1 Å². The molecule has 5 rings (SSSR count). The number of sulfonamides is 1. The van der Waals surface area contributed by atoms with E-state index in [4.69, 9.17) is 5.73 Å². The lowest BCUT2D eigenvalue weighted by Gasteiger charge is -2.42. The molecule has 188 valence electrons. The van der Waals surface area contributed by atoms with Gasteiger partial charge < -0.3 is 16.4 Å². The monoisotopic (exact) mass is 487 g/mol. The molecule has 0 radical (unpaired) electrons. The molecule has 4 saturated heterocycles. The highest BCUT2D eigenvalue weighted by molar-refractivity contribution is 7.89. The number of rotatable bonds is 5. The maximum absolute atomic E-state index is 13.7. The third-order valence-electron chi connectivity index (χ3n) is 8.41. The van der Waals surface area contributed by atoms with Crippen molar-refractivity contribution in [1.82, 2.24) is 30.7 Å². The highest BCUT2D eigenvalue weighted by Crippen LogP contribution is 2.38. The number of amides is 1. The molecule has 12 heteroatoms. The minimum absolute atomic E-state index is 0.0152. The second kappa shape index (κ2) is 9.63. The molecule has 0 aromatic rings. The Balaban J connectivity index is 1.19. The van der Waals surface area contributed by atoms with Gasteiger partial charge >= 0.3 is 0 Å². The van der Waals surface area contributed by atoms with Gasteiger partial charge in [-0.05, 0) is 56.9 Å². The summed E-state index contributed by atoms with van der Waals surface area (Å²) in [5.41, 5.74) is 9.25. The summed E-state index contributed by atoms with van der Waals surface area (Å²) in [7, 11) is -3.15. The maximum Gasteiger partial charge on any atom is 0.229 e. The van der Waals surface area contributed by atoms with Crippen LogP contribution in [0.4, 0.5) is 4.39 Å². The number of carbonyl (C=O) groups excluding carboxylic acids is 1. The fourth-order valence-electron chi connectivity index (χ4n) is 6.43. The van der Waals surface area contributed by atoms with Crippen LogP contribution in [0.1, 0.15) is 38.5 Å². The van der Waals surface area contributed by atoms with Crippen molar-refractivity contribution in [3.8, 4) is 0 Å². The van der Waals surface area contributed by atoms with E-state index in [1.54, 1.807) is 9.31 Å². The summed E-state index contributed by atoms with van der Waals surface area (Å²) in [6.45, 7) is 3.38. The van der Waals surface area contributed by atoms with E-state index in [1.165, 1.54) is 0 Å². The lowest BCUT2D eigenvalue weighted by Crippen LogP contribution is -2.60. The third kappa shape index (κ3) is 4.67. The molecule has 0 aromatic heterocycles. The highest BCUT2D eigenvalue weighted by atomic mass is 32.2. The molecule has 6 atom stereocenters. The van der Waals surface area contributed by atoms with Gasteiger partial charge in [0.15, 0.2) is 0 Å². The van der Waals surface area contributed by atoms with Gasteiger partial charge in [0.05, 0.1) is 23.5 Å². The molecule has 6 N–H and O–H groups in total. The van der Waals surface area contributed by atoms with Gasteiger partial charge in [-0.2, -0.15) is 0 Å². The van der Waals surface area contributed by atoms with Crippen LogP contribution in [0, 0.1) is 17.8 Å². The van der Waals surface area contributed by atoms with E-state index in [1.807, 2.05) is 0 Å². The molecule has 1 aliphatic carbocycles. The zero-order chi connectivity index (χ0) is 23.2. The zero-order valence-electron chi connectivity index (χ0n) is 19.1. The van der Waals surface area contributed by atoms with E-state index in [-0.39, 0.29) is 36.5 Å². The Bertz CT molecular complexity index is 821. The minimum atomic E-state index is -3.15. The third-order valence-corrected chi connectivity index (χ3v) is 10.8. The number of hydrazine groups is 1. The van der Waals surface area contributed by atoms with Gasteiger partial charge in [0, 0.05) is 38.8 Å². The van der Waals surface area contributed by atoms with Crippen LogP contribution in [0.15, 0.2) is 0 Å². The number of piperidine rings is 1. The zero-order valence-corrected chi connectivity index (χ0v) is 19.9. The number of nitrogens with zero attached hydrogens (tertiary/aromatic N) is 2. The maximum atomic E-state index is 13.7. The molecule has 4 heterocycles. The molecule has 33 heavy (non-hydrogen) atoms. The van der Waals surface area contributed by atoms with E-state index in [2.05, 4.69) is 21.4 Å². The van der Waals surface area contributed by atoms with Crippen molar-refractivity contribution in [1.29, 1.82) is 0 Å². The van der Waals surface area contributed by atoms with Crippen molar-refractivity contribution < 1.29 is 17.6 Å². The Kier molecular flexibility index (Phi) is 6.96. The highest BCUT2D eigenvalue weighted by Gasteiger charge is 2.48. The predicted octanol–water partition coefficient (Wildman–Crippen LogP) is -1.34. The molecule has 1 saturated carbocycles. The fraction of sp³-hybridized carbons (Fsp3) is 0.952. The molecular weight excluding hydrogens is 449 g/mol. The lowest BCUT2D eigenvalue weighted by atomic mass is 9.73. The molecule has 4 aliphatic heterocycles. The van der Waals surface area contributed by atoms with Gasteiger partial charge in [0.2, 0.25) is 15.9 Å². The predicted molar refractivity (Wildman–Crippen MR) is 122 cm³/mol. The molecule has 0 bridgehead atoms. The lowest BCUT2D eigenvalue weighted by molar-refractivity contribution is -0.128. The van der Waals surface area contributed by atoms with Crippen LogP contribution in [-0.2, 0) is 14.8 Å². The number of alkyl halides is 1. The molecule has 6 unspecified atom stereocenters. The quantitative estimate of drug-likeness (QED) is 0.322. The van der Waals surface area contributed by atoms with Crippen molar-refractivity contribution in [2.75, 3.05) is 39.3 Å². The SMILES string of the molecule is NC1NN2CC(F)CNC2C1C(=O)NC1CNCCC1C1CCC(S(=O)(=O)N2CCC2)CC1. The van der Waals surface area contributed by atoms with E-state index < -0.39 is 28.3 Å². The number of carbonyl (C=O) groups is 1. The fourth-order valence-corrected chi connectivity index (χ4v) is 8.48. The van der Waals surface area contributed by atoms with Gasteiger partial charge in [-0.3, -0.25) is 10.1 Å². The number of fused-ring (bicyclic) bond motifs is 1. The number of nitrogens with one attached hydrogen (secondary N) is 4. The van der Waals surface area contributed by atoms with Gasteiger partial charge in [0.25, 0.3) is 0 Å². The largest absolute Gasteiger partial charge is 0.351 e. The summed E-state index contributed by atoms with van der Waals surface area (Å²) < 4.78 is 40.9. The van der Waals surface area contributed by atoms with Crippen molar-refractivity contribution >= 4 is 15.9 Å². The van der Waals surface area contributed by atoms with Gasteiger partial charge in [-0.1, -0.05) is 0 Å². The number of hydrogen-bond donors (Lipinski definition) is 5. The summed E-state index contributed by atoms with van der Waals surface area (Å²) in [5.74, 6) is 0.115. The molecule has 10 nitrogen and oxygen atoms in total. The Morgan fingerprint density at radius 1 is 1.09 bits per heavy atom. The van der Waals surface area contributed by atoms with Crippen LogP contribution in [0.3, 0.4) is 0 Å². The van der Waals surface area contributed by atoms with E-state index >= 15 is 0 Å². The standard InChI is InChI=1S/C21H38FN7O3S/c22-14-10-25-20-18(19(23)27-29(20)12-14)21(30)26-17-11-24-7-6-16(17)13-2-4-15(5-3-13)33(31,32)28-8-1-9-28/h13-20,24-25,27H,1-12,23H2,(H,26,30). The first-order valence-corrected chi connectivity index (χ1v) is 14.0. The number of hydrogen-bond acceptors (Lipinski definition) is 8. The van der Waals surface area contributed by atoms with E-state index in [0.29, 0.717) is 44.3 Å². The van der Waals surface area contributed by atoms with Gasteiger partial charge in [-0.15, -0.1) is 0 Å². The number of nitrogens with two attached hydrogens (primary N) is 1. The number of halogens is 1. The molecule has 0 aromatic carbocycles. The van der Waals surface area contributed by atoms with Crippen LogP contribution in [-0.4, -0.2) is 92.7 Å². The first-order valence-electron chi connectivity index (χ1n) is 12.5. The second-order valence-electron chi connectivity index (χ2n) is 10.4. The Morgan fingerprint density at radius 3 is 2.55 bits per heavy atom. The Morgan fingerprint density at radius 2 is 1.85 bits per heavy atom. The molecule has 0 spiro atoms. The van der Waals surface area contributed by atoms with E-state index in [9.17, 15) is 17.6 Å². The average molecular weight is 488 g/mol. The molecule has 5 fully saturated rings. The first kappa shape index (κ1) is 23.8. The van der Waals surface area contributed by atoms with Gasteiger partial charge in [-0.25, -0.2) is 27.5 Å². The summed E-state index contributed by atoms with van der Waals surface area (Å²) in [6.07, 6.45) is 3.24. The summed E-state index contributed by atoms with van der Waals surface area (Å²) in [5, 5.41) is 11.2. The second-order valence-corrected chi connectivity index (χ2v) is 12.6. The molecule has 1 amide bonds. The Hall–Kier alpha value is -0.890. The van der Waals surface area contributed by atoms with Gasteiger partial charge in [0.1, 0.15) is 6.17 Å². The summed E-state index contributed by atoms with van der Waals surface area (Å²) in [6, 6.07) is -0.0152. The summed E-state index contributed by atoms with van der Waals surface area (Å²) in [4.78, 5) is 13.3. The Labute approximate surface area is 195 Å². The minimum Gasteiger partial charge on any atom is -0.351 e. The van der Waals surface area contributed by atoms with Crippen LogP contribution in [0.2, 0.25) is 0 Å². The van der Waals surface area contributed by atoms with Crippen LogP contribution in [0.25, 0.3) is 0 Å². The normalized spacial score (nSPS) is 43.0. The first-order chi connectivity index (χ1) is 15.8.